The number of aliphatic hydroxyl groups is 1. The second kappa shape index (κ2) is 8.20. The largest absolute Gasteiger partial charge is 0.513 e. The summed E-state index contributed by atoms with van der Waals surface area (Å²) in [6, 6.07) is 0. The van der Waals surface area contributed by atoms with Crippen LogP contribution in [0.3, 0.4) is 0 Å². The standard InChI is InChI=1S/C17H23NO/c1-4-6-16(13-14(2)19)10-9-15-7-5-8-17(18-3)12-11-15/h5-6,8-13,18-19H,4,7H2,1-3H3/b10-9+,14-13-,16-6-. The molecule has 0 saturated heterocycles. The van der Waals surface area contributed by atoms with Crippen molar-refractivity contribution in [1.82, 2.24) is 5.32 Å². The molecule has 19 heavy (non-hydrogen) atoms. The molecule has 1 aliphatic carbocycles. The fourth-order valence-electron chi connectivity index (χ4n) is 1.79. The third-order valence-corrected chi connectivity index (χ3v) is 2.72. The average Bonchev–Trinajstić information content (AvgIpc) is 2.60. The summed E-state index contributed by atoms with van der Waals surface area (Å²) in [5, 5.41) is 12.5. The van der Waals surface area contributed by atoms with Crippen molar-refractivity contribution in [3.63, 3.8) is 0 Å². The number of aliphatic hydroxyl groups excluding tert-OH is 1. The topological polar surface area (TPSA) is 32.3 Å². The highest BCUT2D eigenvalue weighted by atomic mass is 16.3. The van der Waals surface area contributed by atoms with Crippen molar-refractivity contribution in [1.29, 1.82) is 0 Å². The number of likely N-dealkylation sites (N-methyl/N-ethyl adjacent to an activating group) is 1. The van der Waals surface area contributed by atoms with Crippen molar-refractivity contribution < 1.29 is 5.11 Å². The minimum Gasteiger partial charge on any atom is -0.513 e. The van der Waals surface area contributed by atoms with Crippen molar-refractivity contribution in [3.8, 4) is 0 Å². The lowest BCUT2D eigenvalue weighted by atomic mass is 10.1. The first kappa shape index (κ1) is 15.1. The van der Waals surface area contributed by atoms with Crippen molar-refractivity contribution in [2.24, 2.45) is 0 Å². The van der Waals surface area contributed by atoms with Crippen LogP contribution in [0.4, 0.5) is 0 Å². The third-order valence-electron chi connectivity index (χ3n) is 2.72. The molecule has 1 rings (SSSR count). The number of allylic oxidation sites excluding steroid dienone is 11. The number of rotatable bonds is 5. The zero-order valence-corrected chi connectivity index (χ0v) is 12.0. The highest BCUT2D eigenvalue weighted by Crippen LogP contribution is 2.13. The van der Waals surface area contributed by atoms with Gasteiger partial charge in [-0.05, 0) is 49.1 Å². The summed E-state index contributed by atoms with van der Waals surface area (Å²) >= 11 is 0. The Labute approximate surface area is 116 Å². The summed E-state index contributed by atoms with van der Waals surface area (Å²) < 4.78 is 0. The Bertz CT molecular complexity index is 469. The summed E-state index contributed by atoms with van der Waals surface area (Å²) in [5.41, 5.74) is 3.39. The maximum atomic E-state index is 9.34. The van der Waals surface area contributed by atoms with Crippen LogP contribution < -0.4 is 5.32 Å². The number of hydrogen-bond acceptors (Lipinski definition) is 2. The summed E-state index contributed by atoms with van der Waals surface area (Å²) in [5.74, 6) is 0.330. The van der Waals surface area contributed by atoms with Crippen LogP contribution in [0.15, 0.2) is 71.2 Å². The molecule has 0 aliphatic heterocycles. The van der Waals surface area contributed by atoms with Gasteiger partial charge in [0.1, 0.15) is 0 Å². The minimum atomic E-state index is 0.330. The van der Waals surface area contributed by atoms with Gasteiger partial charge in [-0.3, -0.25) is 0 Å². The molecule has 0 aromatic rings. The van der Waals surface area contributed by atoms with Crippen molar-refractivity contribution >= 4 is 0 Å². The molecule has 0 aromatic heterocycles. The summed E-state index contributed by atoms with van der Waals surface area (Å²) in [6.45, 7) is 3.77. The second-order valence-electron chi connectivity index (χ2n) is 4.45. The van der Waals surface area contributed by atoms with Crippen LogP contribution in [0, 0.1) is 0 Å². The molecule has 0 amide bonds. The minimum absolute atomic E-state index is 0.330. The van der Waals surface area contributed by atoms with Gasteiger partial charge < -0.3 is 10.4 Å². The predicted molar refractivity (Wildman–Crippen MR) is 82.9 cm³/mol. The van der Waals surface area contributed by atoms with E-state index in [1.807, 2.05) is 13.1 Å². The Balaban J connectivity index is 2.83. The molecular weight excluding hydrogens is 234 g/mol. The molecule has 2 N–H and O–H groups in total. The van der Waals surface area contributed by atoms with Gasteiger partial charge in [-0.25, -0.2) is 0 Å². The third kappa shape index (κ3) is 5.96. The van der Waals surface area contributed by atoms with Crippen molar-refractivity contribution in [3.05, 3.63) is 71.2 Å². The lowest BCUT2D eigenvalue weighted by molar-refractivity contribution is 0.414. The monoisotopic (exact) mass is 257 g/mol. The number of nitrogens with one attached hydrogen (secondary N) is 1. The Morgan fingerprint density at radius 3 is 2.84 bits per heavy atom. The number of hydrogen-bond donors (Lipinski definition) is 2. The van der Waals surface area contributed by atoms with E-state index in [0.717, 1.165) is 24.1 Å². The molecule has 0 atom stereocenters. The van der Waals surface area contributed by atoms with Crippen LogP contribution in [0.25, 0.3) is 0 Å². The Morgan fingerprint density at radius 2 is 2.21 bits per heavy atom. The van der Waals surface area contributed by atoms with Crippen molar-refractivity contribution in [2.75, 3.05) is 7.05 Å². The van der Waals surface area contributed by atoms with Crippen LogP contribution in [-0.2, 0) is 0 Å². The van der Waals surface area contributed by atoms with E-state index in [2.05, 4.69) is 48.7 Å². The van der Waals surface area contributed by atoms with E-state index in [0.29, 0.717) is 5.76 Å². The molecule has 0 aromatic carbocycles. The average molecular weight is 257 g/mol. The van der Waals surface area contributed by atoms with E-state index in [9.17, 15) is 5.11 Å². The SMILES string of the molecule is CC/C=C(\C=C(\C)O)/C=C/C1=CC=C(NC)C=CC1. The highest BCUT2D eigenvalue weighted by molar-refractivity contribution is 5.39. The molecule has 0 fully saturated rings. The van der Waals surface area contributed by atoms with E-state index in [4.69, 9.17) is 0 Å². The predicted octanol–water partition coefficient (Wildman–Crippen LogP) is 4.33. The van der Waals surface area contributed by atoms with Gasteiger partial charge in [0, 0.05) is 12.7 Å². The zero-order chi connectivity index (χ0) is 14.1. The van der Waals surface area contributed by atoms with Gasteiger partial charge in [0.05, 0.1) is 5.76 Å². The molecule has 0 radical (unpaired) electrons. The van der Waals surface area contributed by atoms with Crippen LogP contribution in [-0.4, -0.2) is 12.2 Å². The van der Waals surface area contributed by atoms with E-state index in [1.165, 1.54) is 5.57 Å². The maximum Gasteiger partial charge on any atom is 0.0897 e. The Morgan fingerprint density at radius 1 is 1.42 bits per heavy atom. The molecule has 102 valence electrons. The fourth-order valence-corrected chi connectivity index (χ4v) is 1.79. The lowest BCUT2D eigenvalue weighted by Gasteiger charge is -1.98. The fraction of sp³-hybridized carbons (Fsp3) is 0.294. The Kier molecular flexibility index (Phi) is 6.51. The van der Waals surface area contributed by atoms with Gasteiger partial charge in [-0.2, -0.15) is 0 Å². The molecule has 1 aliphatic rings. The maximum absolute atomic E-state index is 9.34. The van der Waals surface area contributed by atoms with E-state index in [-0.39, 0.29) is 0 Å². The van der Waals surface area contributed by atoms with Crippen molar-refractivity contribution in [2.45, 2.75) is 26.7 Å². The molecule has 0 bridgehead atoms. The summed E-state index contributed by atoms with van der Waals surface area (Å²) in [7, 11) is 1.92. The molecule has 0 heterocycles. The first-order chi connectivity index (χ1) is 9.15. The van der Waals surface area contributed by atoms with Crippen LogP contribution in [0.2, 0.25) is 0 Å². The molecule has 0 unspecified atom stereocenters. The molecule has 0 spiro atoms. The van der Waals surface area contributed by atoms with E-state index < -0.39 is 0 Å². The highest BCUT2D eigenvalue weighted by Gasteiger charge is 1.96. The molecule has 2 nitrogen and oxygen atoms in total. The summed E-state index contributed by atoms with van der Waals surface area (Å²) in [6.07, 6.45) is 18.3. The lowest BCUT2D eigenvalue weighted by Crippen LogP contribution is -2.01. The molecule has 2 heteroatoms. The summed E-state index contributed by atoms with van der Waals surface area (Å²) in [4.78, 5) is 0. The normalized spacial score (nSPS) is 17.2. The van der Waals surface area contributed by atoms with E-state index >= 15 is 0 Å². The zero-order valence-electron chi connectivity index (χ0n) is 12.0. The van der Waals surface area contributed by atoms with E-state index in [1.54, 1.807) is 13.0 Å². The first-order valence-corrected chi connectivity index (χ1v) is 6.66. The Hall–Kier alpha value is -1.96. The molecular formula is C17H23NO. The van der Waals surface area contributed by atoms with Gasteiger partial charge in [0.15, 0.2) is 0 Å². The van der Waals surface area contributed by atoms with Crippen LogP contribution in [0.1, 0.15) is 26.7 Å². The van der Waals surface area contributed by atoms with Gasteiger partial charge in [-0.1, -0.05) is 37.3 Å². The van der Waals surface area contributed by atoms with Crippen LogP contribution >= 0.6 is 0 Å². The molecule has 0 saturated carbocycles. The van der Waals surface area contributed by atoms with Gasteiger partial charge in [-0.15, -0.1) is 0 Å². The first-order valence-electron chi connectivity index (χ1n) is 6.66. The quantitative estimate of drug-likeness (QED) is 0.567. The smallest absolute Gasteiger partial charge is 0.0897 e. The van der Waals surface area contributed by atoms with Gasteiger partial charge in [0.2, 0.25) is 0 Å². The second-order valence-corrected chi connectivity index (χ2v) is 4.45. The van der Waals surface area contributed by atoms with Gasteiger partial charge in [0.25, 0.3) is 0 Å². The van der Waals surface area contributed by atoms with Crippen LogP contribution in [0.5, 0.6) is 0 Å². The van der Waals surface area contributed by atoms with Gasteiger partial charge >= 0.3 is 0 Å².